The van der Waals surface area contributed by atoms with Crippen molar-refractivity contribution in [2.24, 2.45) is 56.7 Å². The monoisotopic (exact) mass is 746 g/mol. The van der Waals surface area contributed by atoms with Gasteiger partial charge in [-0.1, -0.05) is 80.0 Å². The molecule has 12 atom stereocenters. The van der Waals surface area contributed by atoms with Gasteiger partial charge in [0.1, 0.15) is 18.1 Å². The highest BCUT2D eigenvalue weighted by molar-refractivity contribution is 5.57. The normalized spacial score (nSPS) is 40.5. The Hall–Kier alpha value is -2.82. The molecule has 298 valence electrons. The van der Waals surface area contributed by atoms with Gasteiger partial charge in [0.2, 0.25) is 0 Å². The van der Waals surface area contributed by atoms with Crippen LogP contribution < -0.4 is 5.32 Å². The predicted octanol–water partition coefficient (Wildman–Crippen LogP) is 8.85. The fourth-order valence-electron chi connectivity index (χ4n) is 12.8. The van der Waals surface area contributed by atoms with Crippen molar-refractivity contribution >= 4 is 6.16 Å². The number of rotatable bonds is 10. The number of hydrogen-bond donors (Lipinski definition) is 2. The minimum absolute atomic E-state index is 0.103. The Morgan fingerprint density at radius 2 is 1.83 bits per heavy atom. The van der Waals surface area contributed by atoms with Crippen molar-refractivity contribution in [1.29, 1.82) is 0 Å². The molecular weight excluding hydrogens is 679 g/mol. The van der Waals surface area contributed by atoms with E-state index in [0.717, 1.165) is 50.0 Å². The quantitative estimate of drug-likeness (QED) is 0.182. The van der Waals surface area contributed by atoms with Crippen molar-refractivity contribution < 1.29 is 24.1 Å². The van der Waals surface area contributed by atoms with Crippen molar-refractivity contribution in [3.8, 4) is 11.5 Å². The van der Waals surface area contributed by atoms with Gasteiger partial charge in [-0.3, -0.25) is 4.98 Å². The van der Waals surface area contributed by atoms with E-state index in [0.29, 0.717) is 43.5 Å². The highest BCUT2D eigenvalue weighted by Crippen LogP contribution is 2.74. The van der Waals surface area contributed by atoms with Crippen molar-refractivity contribution in [2.75, 3.05) is 26.9 Å². The van der Waals surface area contributed by atoms with E-state index in [1.165, 1.54) is 5.57 Å². The van der Waals surface area contributed by atoms with E-state index in [4.69, 9.17) is 29.3 Å². The number of fused-ring (bicyclic) bond motifs is 3. The average molecular weight is 746 g/mol. The molecule has 5 aliphatic rings. The third kappa shape index (κ3) is 5.65. The van der Waals surface area contributed by atoms with E-state index in [9.17, 15) is 9.90 Å². The van der Waals surface area contributed by atoms with Gasteiger partial charge < -0.3 is 24.6 Å². The molecule has 1 saturated heterocycles. The first-order chi connectivity index (χ1) is 25.4. The van der Waals surface area contributed by atoms with Crippen molar-refractivity contribution in [3.63, 3.8) is 0 Å². The highest BCUT2D eigenvalue weighted by atomic mass is 16.7. The largest absolute Gasteiger partial charge is 0.506 e. The van der Waals surface area contributed by atoms with E-state index in [1.807, 2.05) is 31.4 Å². The van der Waals surface area contributed by atoms with Gasteiger partial charge >= 0.3 is 6.16 Å². The maximum Gasteiger partial charge on any atom is 0.506 e. The second kappa shape index (κ2) is 13.7. The van der Waals surface area contributed by atoms with Crippen molar-refractivity contribution in [1.82, 2.24) is 25.1 Å². The minimum Gasteiger partial charge on any atom is -0.450 e. The first kappa shape index (κ1) is 39.4. The maximum absolute atomic E-state index is 12.5. The third-order valence-corrected chi connectivity index (χ3v) is 17.1. The molecule has 2 aromatic rings. The number of carbonyl (C=O) groups is 1. The first-order valence-corrected chi connectivity index (χ1v) is 20.7. The fourth-order valence-corrected chi connectivity index (χ4v) is 12.8. The van der Waals surface area contributed by atoms with Crippen LogP contribution in [0.15, 0.2) is 42.4 Å². The van der Waals surface area contributed by atoms with Gasteiger partial charge in [-0.25, -0.2) is 14.5 Å². The van der Waals surface area contributed by atoms with Gasteiger partial charge in [-0.2, -0.15) is 5.10 Å². The molecule has 7 rings (SSSR count). The molecule has 0 unspecified atom stereocenters. The molecule has 0 aromatic carbocycles. The lowest BCUT2D eigenvalue weighted by Crippen LogP contribution is -2.70. The molecular formula is C44H67N5O5. The second-order valence-electron chi connectivity index (χ2n) is 19.9. The molecule has 3 heterocycles. The molecule has 0 amide bonds. The summed E-state index contributed by atoms with van der Waals surface area (Å²) in [7, 11) is 2.03. The van der Waals surface area contributed by atoms with Crippen molar-refractivity contribution in [2.45, 2.75) is 132 Å². The molecule has 2 aromatic heterocycles. The lowest BCUT2D eigenvalue weighted by atomic mass is 9.35. The van der Waals surface area contributed by atoms with Crippen LogP contribution in [0.2, 0.25) is 0 Å². The molecule has 54 heavy (non-hydrogen) atoms. The Morgan fingerprint density at radius 1 is 1.07 bits per heavy atom. The van der Waals surface area contributed by atoms with Crippen LogP contribution in [-0.4, -0.2) is 75.6 Å². The Balaban J connectivity index is 1.35. The van der Waals surface area contributed by atoms with Crippen LogP contribution in [0, 0.1) is 56.7 Å². The van der Waals surface area contributed by atoms with E-state index in [-0.39, 0.29) is 50.7 Å². The summed E-state index contributed by atoms with van der Waals surface area (Å²) in [5, 5.41) is 18.8. The Kier molecular flexibility index (Phi) is 9.99. The number of pyridine rings is 1. The second-order valence-corrected chi connectivity index (χ2v) is 19.9. The van der Waals surface area contributed by atoms with E-state index < -0.39 is 12.3 Å². The molecule has 1 aliphatic heterocycles. The van der Waals surface area contributed by atoms with Crippen LogP contribution in [0.5, 0.6) is 0 Å². The van der Waals surface area contributed by atoms with Gasteiger partial charge in [-0.15, -0.1) is 0 Å². The van der Waals surface area contributed by atoms with Crippen LogP contribution in [0.4, 0.5) is 4.79 Å². The number of carboxylic acid groups (broad SMARTS) is 1. The maximum atomic E-state index is 12.5. The summed E-state index contributed by atoms with van der Waals surface area (Å²) in [6.45, 7) is 24.9. The molecule has 0 radical (unpaired) electrons. The first-order valence-electron chi connectivity index (χ1n) is 20.7. The number of aromatic nitrogens is 4. The molecule has 10 heteroatoms. The molecule has 2 bridgehead atoms. The molecule has 0 spiro atoms. The van der Waals surface area contributed by atoms with Crippen LogP contribution in [0.1, 0.15) is 114 Å². The van der Waals surface area contributed by atoms with Gasteiger partial charge in [-0.05, 0) is 99.6 Å². The third-order valence-electron chi connectivity index (χ3n) is 17.1. The zero-order valence-corrected chi connectivity index (χ0v) is 34.8. The summed E-state index contributed by atoms with van der Waals surface area (Å²) in [5.41, 5.74) is 0.821. The number of nitrogens with one attached hydrogen (secondary N) is 1. The predicted molar refractivity (Wildman–Crippen MR) is 210 cm³/mol. The van der Waals surface area contributed by atoms with Gasteiger partial charge in [0.05, 0.1) is 32.0 Å². The molecule has 4 aliphatic carbocycles. The fraction of sp³-hybridized carbons (Fsp3) is 0.773. The van der Waals surface area contributed by atoms with Gasteiger partial charge in [0.25, 0.3) is 0 Å². The van der Waals surface area contributed by atoms with Crippen LogP contribution in [0.3, 0.4) is 0 Å². The molecule has 2 N–H and O–H groups in total. The molecule has 4 fully saturated rings. The zero-order valence-electron chi connectivity index (χ0n) is 34.8. The number of nitrogens with zero attached hydrogens (tertiary/aromatic N) is 4. The summed E-state index contributed by atoms with van der Waals surface area (Å²) in [6, 6.07) is 5.85. The summed E-state index contributed by atoms with van der Waals surface area (Å²) >= 11 is 0. The van der Waals surface area contributed by atoms with E-state index in [1.54, 1.807) is 6.33 Å². The number of ether oxygens (including phenoxy) is 3. The highest BCUT2D eigenvalue weighted by Gasteiger charge is 2.72. The number of likely N-dealkylation sites (N-methyl/N-ethyl adjacent to an activating group) is 1. The minimum atomic E-state index is -1.16. The van der Waals surface area contributed by atoms with E-state index in [2.05, 4.69) is 85.3 Å². The van der Waals surface area contributed by atoms with Crippen LogP contribution >= 0.6 is 0 Å². The van der Waals surface area contributed by atoms with Gasteiger partial charge in [0.15, 0.2) is 5.82 Å². The summed E-state index contributed by atoms with van der Waals surface area (Å²) in [6.07, 6.45) is 10.00. The van der Waals surface area contributed by atoms with Crippen LogP contribution in [-0.2, 0) is 14.2 Å². The van der Waals surface area contributed by atoms with E-state index >= 15 is 0 Å². The summed E-state index contributed by atoms with van der Waals surface area (Å²) in [4.78, 5) is 22.0. The SMILES string of the molecule is CN[C@@](C)(CO[C@H]1[C@H](n2ncnc2-c2ccccn2)C[C@@]23COC[C@]1(C)[C@@H]2CC[C@H]1C3=CC[C@]2(C)[C@H](OC(=O)O)[C@@](C)([C@H](C)C(C)C)CC[C@]12C)C(C)C. The zero-order chi connectivity index (χ0) is 39.1. The summed E-state index contributed by atoms with van der Waals surface area (Å²) in [5.74, 6) is 2.49. The number of allylic oxidation sites excluding steroid dienone is 1. The standard InChI is InChI=1S/C44H67N5O5/c1-27(2)29(5)39(6)19-20-41(8)30-15-16-34-40(7)23-52-25-44(34,31(30)17-18-42(41,9)37(39)54-38(50)51)22-33(35(40)53-24-43(10,45-11)28(3)4)49-36(47-26-48-49)32-14-12-13-21-46-32/h12-14,17,21,26-30,33-35,37,45H,15-16,18-20,22-25H2,1-11H3,(H,50,51)/t29-,30+,33-,34+,35+,37-,39-,40-,41-,42-,43+,44+/m1/s1. The average Bonchev–Trinajstić information content (AvgIpc) is 3.63. The van der Waals surface area contributed by atoms with Crippen molar-refractivity contribution in [3.05, 3.63) is 42.4 Å². The Labute approximate surface area is 323 Å². The molecule has 10 nitrogen and oxygen atoms in total. The smallest absolute Gasteiger partial charge is 0.450 e. The Bertz CT molecular complexity index is 1730. The van der Waals surface area contributed by atoms with Crippen LogP contribution in [0.25, 0.3) is 11.5 Å². The Morgan fingerprint density at radius 3 is 2.48 bits per heavy atom. The lowest BCUT2D eigenvalue weighted by Gasteiger charge is -2.71. The molecule has 3 saturated carbocycles. The summed E-state index contributed by atoms with van der Waals surface area (Å²) < 4.78 is 22.4. The topological polar surface area (TPSA) is 121 Å². The number of hydrogen-bond acceptors (Lipinski definition) is 8. The van der Waals surface area contributed by atoms with Gasteiger partial charge in [0, 0.05) is 33.4 Å². The lowest BCUT2D eigenvalue weighted by molar-refractivity contribution is -0.256.